The Morgan fingerprint density at radius 3 is 2.89 bits per heavy atom. The van der Waals surface area contributed by atoms with Crippen LogP contribution in [0.5, 0.6) is 0 Å². The van der Waals surface area contributed by atoms with Crippen molar-refractivity contribution in [1.82, 2.24) is 4.98 Å². The molecule has 0 saturated heterocycles. The van der Waals surface area contributed by atoms with Gasteiger partial charge >= 0.3 is 0 Å². The van der Waals surface area contributed by atoms with Crippen LogP contribution in [-0.4, -0.2) is 4.98 Å². The smallest absolute Gasteiger partial charge is 0.109 e. The van der Waals surface area contributed by atoms with Gasteiger partial charge in [0.15, 0.2) is 0 Å². The van der Waals surface area contributed by atoms with Gasteiger partial charge in [-0.15, -0.1) is 0 Å². The van der Waals surface area contributed by atoms with Crippen LogP contribution in [0.1, 0.15) is 18.9 Å². The summed E-state index contributed by atoms with van der Waals surface area (Å²) in [6.07, 6.45) is 4.09. The quantitative estimate of drug-likeness (QED) is 0.655. The molecular formula is C7H10ClN. The van der Waals surface area contributed by atoms with Crippen molar-refractivity contribution in [3.05, 3.63) is 23.0 Å². The Labute approximate surface area is 60.0 Å². The standard InChI is InChI=1S/C7H10ClN/c1-2-3-6-4-5-9-7(6)8/h4-5,9H,2-3H2,1H3. The molecule has 0 bridgehead atoms. The second-order valence-electron chi connectivity index (χ2n) is 2.07. The van der Waals surface area contributed by atoms with Crippen LogP contribution in [0.2, 0.25) is 5.15 Å². The van der Waals surface area contributed by atoms with Gasteiger partial charge in [-0.3, -0.25) is 0 Å². The Bertz CT molecular complexity index is 181. The fourth-order valence-electron chi connectivity index (χ4n) is 0.844. The Morgan fingerprint density at radius 2 is 2.44 bits per heavy atom. The van der Waals surface area contributed by atoms with Crippen molar-refractivity contribution in [3.63, 3.8) is 0 Å². The lowest BCUT2D eigenvalue weighted by atomic mass is 10.2. The molecule has 1 N–H and O–H groups in total. The third-order valence-electron chi connectivity index (χ3n) is 1.30. The van der Waals surface area contributed by atoms with Gasteiger partial charge in [-0.1, -0.05) is 24.9 Å². The van der Waals surface area contributed by atoms with Gasteiger partial charge in [-0.05, 0) is 18.1 Å². The third kappa shape index (κ3) is 1.49. The maximum absolute atomic E-state index is 5.76. The van der Waals surface area contributed by atoms with Crippen molar-refractivity contribution < 1.29 is 0 Å². The number of H-pyrrole nitrogens is 1. The number of aryl methyl sites for hydroxylation is 1. The van der Waals surface area contributed by atoms with Crippen LogP contribution < -0.4 is 0 Å². The van der Waals surface area contributed by atoms with Gasteiger partial charge in [0.2, 0.25) is 0 Å². The molecule has 0 unspecified atom stereocenters. The Morgan fingerprint density at radius 1 is 1.67 bits per heavy atom. The number of aromatic amines is 1. The van der Waals surface area contributed by atoms with Crippen LogP contribution >= 0.6 is 11.6 Å². The summed E-state index contributed by atoms with van der Waals surface area (Å²) in [6, 6.07) is 2.02. The molecule has 0 amide bonds. The maximum atomic E-state index is 5.76. The maximum Gasteiger partial charge on any atom is 0.109 e. The number of rotatable bonds is 2. The molecule has 1 aromatic heterocycles. The monoisotopic (exact) mass is 143 g/mol. The molecule has 0 spiro atoms. The lowest BCUT2D eigenvalue weighted by Gasteiger charge is -1.90. The molecule has 2 heteroatoms. The number of halogens is 1. The zero-order valence-corrected chi connectivity index (χ0v) is 6.20. The normalized spacial score (nSPS) is 10.0. The van der Waals surface area contributed by atoms with Crippen LogP contribution in [0, 0.1) is 0 Å². The van der Waals surface area contributed by atoms with Gasteiger partial charge < -0.3 is 4.98 Å². The summed E-state index contributed by atoms with van der Waals surface area (Å²) in [5.74, 6) is 0. The van der Waals surface area contributed by atoms with E-state index in [9.17, 15) is 0 Å². The van der Waals surface area contributed by atoms with E-state index >= 15 is 0 Å². The van der Waals surface area contributed by atoms with E-state index in [2.05, 4.69) is 11.9 Å². The van der Waals surface area contributed by atoms with Crippen LogP contribution in [0.15, 0.2) is 12.3 Å². The Hall–Kier alpha value is -0.430. The molecule has 1 nitrogen and oxygen atoms in total. The van der Waals surface area contributed by atoms with Crippen LogP contribution in [0.4, 0.5) is 0 Å². The molecule has 50 valence electrons. The van der Waals surface area contributed by atoms with E-state index in [-0.39, 0.29) is 0 Å². The lowest BCUT2D eigenvalue weighted by Crippen LogP contribution is -1.77. The second-order valence-corrected chi connectivity index (χ2v) is 2.44. The average molecular weight is 144 g/mol. The zero-order chi connectivity index (χ0) is 6.69. The van der Waals surface area contributed by atoms with Gasteiger partial charge in [0.25, 0.3) is 0 Å². The minimum atomic E-state index is 0.789. The summed E-state index contributed by atoms with van der Waals surface area (Å²) >= 11 is 5.76. The van der Waals surface area contributed by atoms with Crippen molar-refractivity contribution in [2.75, 3.05) is 0 Å². The first kappa shape index (κ1) is 6.69. The van der Waals surface area contributed by atoms with Crippen molar-refractivity contribution in [3.8, 4) is 0 Å². The van der Waals surface area contributed by atoms with E-state index < -0.39 is 0 Å². The van der Waals surface area contributed by atoms with Gasteiger partial charge in [-0.2, -0.15) is 0 Å². The summed E-state index contributed by atoms with van der Waals surface area (Å²) < 4.78 is 0. The SMILES string of the molecule is CCCc1cc[nH]c1Cl. The first-order valence-electron chi connectivity index (χ1n) is 3.16. The molecule has 1 rings (SSSR count). The van der Waals surface area contributed by atoms with E-state index in [0.717, 1.165) is 18.0 Å². The van der Waals surface area contributed by atoms with Crippen molar-refractivity contribution >= 4 is 11.6 Å². The highest BCUT2D eigenvalue weighted by Crippen LogP contribution is 2.13. The molecule has 9 heavy (non-hydrogen) atoms. The summed E-state index contributed by atoms with van der Waals surface area (Å²) in [5, 5.41) is 0.789. The highest BCUT2D eigenvalue weighted by Gasteiger charge is 1.96. The average Bonchev–Trinajstić information content (AvgIpc) is 2.18. The summed E-state index contributed by atoms with van der Waals surface area (Å²) in [5.41, 5.74) is 1.22. The lowest BCUT2D eigenvalue weighted by molar-refractivity contribution is 0.924. The largest absolute Gasteiger partial charge is 0.352 e. The van der Waals surface area contributed by atoms with Crippen LogP contribution in [0.3, 0.4) is 0 Å². The van der Waals surface area contributed by atoms with Gasteiger partial charge in [0.1, 0.15) is 5.15 Å². The number of hydrogen-bond acceptors (Lipinski definition) is 0. The molecule has 0 atom stereocenters. The van der Waals surface area contributed by atoms with Gasteiger partial charge in [-0.25, -0.2) is 0 Å². The van der Waals surface area contributed by atoms with Crippen molar-refractivity contribution in [1.29, 1.82) is 0 Å². The number of nitrogens with one attached hydrogen (secondary N) is 1. The van der Waals surface area contributed by atoms with E-state index in [4.69, 9.17) is 11.6 Å². The summed E-state index contributed by atoms with van der Waals surface area (Å²) in [6.45, 7) is 2.14. The minimum Gasteiger partial charge on any atom is -0.352 e. The Balaban J connectivity index is 2.69. The second kappa shape index (κ2) is 2.92. The predicted molar refractivity (Wildman–Crippen MR) is 39.8 cm³/mol. The van der Waals surface area contributed by atoms with Gasteiger partial charge in [0, 0.05) is 6.20 Å². The van der Waals surface area contributed by atoms with Crippen molar-refractivity contribution in [2.24, 2.45) is 0 Å². The fourth-order valence-corrected chi connectivity index (χ4v) is 1.06. The first-order chi connectivity index (χ1) is 4.34. The Kier molecular flexibility index (Phi) is 2.17. The van der Waals surface area contributed by atoms with E-state index in [1.165, 1.54) is 5.56 Å². The number of aromatic nitrogens is 1. The fraction of sp³-hybridized carbons (Fsp3) is 0.429. The zero-order valence-electron chi connectivity index (χ0n) is 5.45. The van der Waals surface area contributed by atoms with Gasteiger partial charge in [0.05, 0.1) is 0 Å². The van der Waals surface area contributed by atoms with E-state index in [1.54, 1.807) is 0 Å². The molecule has 0 aliphatic rings. The molecule has 0 aliphatic carbocycles. The van der Waals surface area contributed by atoms with Crippen molar-refractivity contribution in [2.45, 2.75) is 19.8 Å². The molecule has 0 aliphatic heterocycles. The van der Waals surface area contributed by atoms with Crippen LogP contribution in [0.25, 0.3) is 0 Å². The third-order valence-corrected chi connectivity index (χ3v) is 1.65. The summed E-state index contributed by atoms with van der Waals surface area (Å²) in [7, 11) is 0. The molecular weight excluding hydrogens is 134 g/mol. The molecule has 0 saturated carbocycles. The van der Waals surface area contributed by atoms with E-state index in [1.807, 2.05) is 12.3 Å². The highest BCUT2D eigenvalue weighted by molar-refractivity contribution is 6.30. The minimum absolute atomic E-state index is 0.789. The molecule has 1 heterocycles. The first-order valence-corrected chi connectivity index (χ1v) is 3.54. The topological polar surface area (TPSA) is 15.8 Å². The van der Waals surface area contributed by atoms with E-state index in [0.29, 0.717) is 0 Å². The molecule has 0 radical (unpaired) electrons. The molecule has 0 fully saturated rings. The van der Waals surface area contributed by atoms with Crippen LogP contribution in [-0.2, 0) is 6.42 Å². The molecule has 0 aromatic carbocycles. The molecule has 1 aromatic rings. The number of hydrogen-bond donors (Lipinski definition) is 1. The highest BCUT2D eigenvalue weighted by atomic mass is 35.5. The predicted octanol–water partition coefficient (Wildman–Crippen LogP) is 2.62. The summed E-state index contributed by atoms with van der Waals surface area (Å²) in [4.78, 5) is 2.92.